The number of benzene rings is 1. The van der Waals surface area contributed by atoms with Crippen LogP contribution in [0.1, 0.15) is 78.3 Å². The normalized spacial score (nSPS) is 15.2. The van der Waals surface area contributed by atoms with Gasteiger partial charge in [0.2, 0.25) is 5.43 Å². The number of carbonyl (C=O) groups is 2. The van der Waals surface area contributed by atoms with Crippen LogP contribution in [0, 0.1) is 0 Å². The van der Waals surface area contributed by atoms with Gasteiger partial charge >= 0.3 is 0 Å². The Morgan fingerprint density at radius 1 is 1.09 bits per heavy atom. The lowest BCUT2D eigenvalue weighted by Crippen LogP contribution is -2.38. The van der Waals surface area contributed by atoms with Crippen LogP contribution in [0.2, 0.25) is 5.02 Å². The number of hydrogen-bond acceptors (Lipinski definition) is 3. The molecule has 1 saturated heterocycles. The lowest BCUT2D eigenvalue weighted by molar-refractivity contribution is 0.0759. The molecule has 6 nitrogen and oxygen atoms in total. The highest BCUT2D eigenvalue weighted by atomic mass is 35.5. The van der Waals surface area contributed by atoms with Crippen LogP contribution in [0.25, 0.3) is 0 Å². The Morgan fingerprint density at radius 3 is 2.44 bits per heavy atom. The second kappa shape index (κ2) is 11.3. The molecule has 172 valence electrons. The van der Waals surface area contributed by atoms with Crippen molar-refractivity contribution in [1.29, 1.82) is 0 Å². The van der Waals surface area contributed by atoms with E-state index in [0.29, 0.717) is 31.1 Å². The summed E-state index contributed by atoms with van der Waals surface area (Å²) in [6.07, 6.45) is 8.67. The zero-order chi connectivity index (χ0) is 23.1. The highest BCUT2D eigenvalue weighted by molar-refractivity contribution is 6.30. The lowest BCUT2D eigenvalue weighted by Gasteiger charge is -2.22. The van der Waals surface area contributed by atoms with Crippen molar-refractivity contribution < 1.29 is 9.59 Å². The van der Waals surface area contributed by atoms with E-state index in [2.05, 4.69) is 5.32 Å². The van der Waals surface area contributed by atoms with Crippen molar-refractivity contribution in [2.75, 3.05) is 19.6 Å². The molecule has 2 aromatic rings. The van der Waals surface area contributed by atoms with E-state index in [9.17, 15) is 14.4 Å². The van der Waals surface area contributed by atoms with Crippen LogP contribution in [-0.2, 0) is 6.42 Å². The molecule has 1 aliphatic heterocycles. The molecule has 2 amide bonds. The van der Waals surface area contributed by atoms with Gasteiger partial charge in [0.1, 0.15) is 11.1 Å². The van der Waals surface area contributed by atoms with Gasteiger partial charge in [-0.2, -0.15) is 0 Å². The molecule has 32 heavy (non-hydrogen) atoms. The summed E-state index contributed by atoms with van der Waals surface area (Å²) < 4.78 is 1.82. The van der Waals surface area contributed by atoms with Gasteiger partial charge < -0.3 is 14.8 Å². The van der Waals surface area contributed by atoms with E-state index in [1.807, 2.05) is 36.6 Å². The van der Waals surface area contributed by atoms with E-state index < -0.39 is 11.3 Å². The SMILES string of the molecule is CC[C@H](C)n1cc(C(=O)NCCc2cccc(Cl)c2)c(=O)c(C(=O)N2CCCCCC2)c1. The topological polar surface area (TPSA) is 71.4 Å². The third-order valence-electron chi connectivity index (χ3n) is 6.10. The summed E-state index contributed by atoms with van der Waals surface area (Å²) in [4.78, 5) is 41.1. The number of hydrogen-bond donors (Lipinski definition) is 1. The Labute approximate surface area is 194 Å². The number of aromatic nitrogens is 1. The number of carbonyl (C=O) groups excluding carboxylic acids is 2. The molecular formula is C25H32ClN3O3. The van der Waals surface area contributed by atoms with Crippen LogP contribution in [0.5, 0.6) is 0 Å². The first-order valence-electron chi connectivity index (χ1n) is 11.5. The predicted octanol–water partition coefficient (Wildman–Crippen LogP) is 4.46. The molecule has 1 N–H and O–H groups in total. The molecule has 1 fully saturated rings. The number of amides is 2. The minimum Gasteiger partial charge on any atom is -0.352 e. The van der Waals surface area contributed by atoms with E-state index >= 15 is 0 Å². The van der Waals surface area contributed by atoms with Crippen molar-refractivity contribution in [2.45, 2.75) is 58.4 Å². The summed E-state index contributed by atoms with van der Waals surface area (Å²) in [5.74, 6) is -0.734. The number of halogens is 1. The monoisotopic (exact) mass is 457 g/mol. The van der Waals surface area contributed by atoms with Crippen molar-refractivity contribution in [2.24, 2.45) is 0 Å². The first kappa shape index (κ1) is 24.1. The Hall–Kier alpha value is -2.60. The van der Waals surface area contributed by atoms with E-state index in [1.165, 1.54) is 0 Å². The Morgan fingerprint density at radius 2 is 1.78 bits per heavy atom. The smallest absolute Gasteiger partial charge is 0.259 e. The summed E-state index contributed by atoms with van der Waals surface area (Å²) in [6.45, 7) is 5.71. The summed E-state index contributed by atoms with van der Waals surface area (Å²) in [6, 6.07) is 7.51. The number of likely N-dealkylation sites (tertiary alicyclic amines) is 1. The zero-order valence-corrected chi connectivity index (χ0v) is 19.7. The van der Waals surface area contributed by atoms with Crippen LogP contribution in [-0.4, -0.2) is 40.9 Å². The number of nitrogens with zero attached hydrogens (tertiary/aromatic N) is 2. The van der Waals surface area contributed by atoms with Crippen LogP contribution in [0.4, 0.5) is 0 Å². The Balaban J connectivity index is 1.83. The Kier molecular flexibility index (Phi) is 8.51. The summed E-state index contributed by atoms with van der Waals surface area (Å²) in [5.41, 5.74) is 0.589. The summed E-state index contributed by atoms with van der Waals surface area (Å²) in [7, 11) is 0. The number of pyridine rings is 1. The maximum atomic E-state index is 13.2. The van der Waals surface area contributed by atoms with Gasteiger partial charge in [-0.25, -0.2) is 0 Å². The van der Waals surface area contributed by atoms with Crippen molar-refractivity contribution in [1.82, 2.24) is 14.8 Å². The van der Waals surface area contributed by atoms with E-state index in [0.717, 1.165) is 37.7 Å². The fourth-order valence-corrected chi connectivity index (χ4v) is 4.14. The van der Waals surface area contributed by atoms with Gasteiger partial charge in [-0.3, -0.25) is 14.4 Å². The summed E-state index contributed by atoms with van der Waals surface area (Å²) >= 11 is 6.02. The number of nitrogens with one attached hydrogen (secondary N) is 1. The molecule has 1 atom stereocenters. The quantitative estimate of drug-likeness (QED) is 0.667. The van der Waals surface area contributed by atoms with E-state index in [4.69, 9.17) is 11.6 Å². The fourth-order valence-electron chi connectivity index (χ4n) is 3.93. The molecule has 1 aromatic carbocycles. The van der Waals surface area contributed by atoms with Gasteiger partial charge in [-0.05, 0) is 50.3 Å². The molecular weight excluding hydrogens is 426 g/mol. The second-order valence-corrected chi connectivity index (χ2v) is 8.90. The minimum absolute atomic E-state index is 0.0112. The van der Waals surface area contributed by atoms with E-state index in [-0.39, 0.29) is 23.1 Å². The predicted molar refractivity (Wildman–Crippen MR) is 128 cm³/mol. The van der Waals surface area contributed by atoms with Crippen LogP contribution in [0.3, 0.4) is 0 Å². The van der Waals surface area contributed by atoms with Crippen molar-refractivity contribution >= 4 is 23.4 Å². The molecule has 0 bridgehead atoms. The van der Waals surface area contributed by atoms with E-state index in [1.54, 1.807) is 23.4 Å². The molecule has 0 radical (unpaired) electrons. The molecule has 0 spiro atoms. The van der Waals surface area contributed by atoms with Gasteiger partial charge in [0, 0.05) is 43.1 Å². The molecule has 0 aliphatic carbocycles. The average Bonchev–Trinajstić information content (AvgIpc) is 3.08. The third-order valence-corrected chi connectivity index (χ3v) is 6.34. The fraction of sp³-hybridized carbons (Fsp3) is 0.480. The van der Waals surface area contributed by atoms with Crippen molar-refractivity contribution in [3.05, 3.63) is 68.6 Å². The van der Waals surface area contributed by atoms with Gasteiger partial charge in [0.05, 0.1) is 0 Å². The first-order chi connectivity index (χ1) is 15.4. The Bertz CT molecular complexity index is 1010. The van der Waals surface area contributed by atoms with Crippen molar-refractivity contribution in [3.63, 3.8) is 0 Å². The zero-order valence-electron chi connectivity index (χ0n) is 18.9. The van der Waals surface area contributed by atoms with Crippen LogP contribution in [0.15, 0.2) is 41.5 Å². The number of rotatable bonds is 7. The summed E-state index contributed by atoms with van der Waals surface area (Å²) in [5, 5.41) is 3.47. The van der Waals surface area contributed by atoms with Gasteiger partial charge in [0.25, 0.3) is 11.8 Å². The molecule has 1 aromatic heterocycles. The van der Waals surface area contributed by atoms with Gasteiger partial charge in [0.15, 0.2) is 0 Å². The molecule has 3 rings (SSSR count). The maximum absolute atomic E-state index is 13.2. The maximum Gasteiger partial charge on any atom is 0.259 e. The average molecular weight is 458 g/mol. The molecule has 7 heteroatoms. The van der Waals surface area contributed by atoms with Gasteiger partial charge in [-0.1, -0.05) is 43.5 Å². The highest BCUT2D eigenvalue weighted by Crippen LogP contribution is 2.16. The minimum atomic E-state index is -0.501. The van der Waals surface area contributed by atoms with Crippen LogP contribution >= 0.6 is 11.6 Å². The highest BCUT2D eigenvalue weighted by Gasteiger charge is 2.24. The van der Waals surface area contributed by atoms with Crippen molar-refractivity contribution in [3.8, 4) is 0 Å². The first-order valence-corrected chi connectivity index (χ1v) is 11.9. The third kappa shape index (κ3) is 6.00. The second-order valence-electron chi connectivity index (χ2n) is 8.46. The largest absolute Gasteiger partial charge is 0.352 e. The van der Waals surface area contributed by atoms with Gasteiger partial charge in [-0.15, -0.1) is 0 Å². The standard InChI is InChI=1S/C25H32ClN3O3/c1-3-18(2)29-16-21(24(31)27-12-11-19-9-8-10-20(26)15-19)23(30)22(17-29)25(32)28-13-6-4-5-7-14-28/h8-10,15-18H,3-7,11-14H2,1-2H3,(H,27,31)/t18-/m0/s1. The molecule has 1 aliphatic rings. The molecule has 0 saturated carbocycles. The lowest BCUT2D eigenvalue weighted by atomic mass is 10.1. The molecule has 2 heterocycles. The molecule has 0 unspecified atom stereocenters. The van der Waals surface area contributed by atoms with Crippen LogP contribution < -0.4 is 10.7 Å².